The Labute approximate surface area is 117 Å². The zero-order valence-corrected chi connectivity index (χ0v) is 11.8. The van der Waals surface area contributed by atoms with Crippen molar-refractivity contribution in [2.75, 3.05) is 7.05 Å². The molecule has 19 heavy (non-hydrogen) atoms. The smallest absolute Gasteiger partial charge is 0.275 e. The van der Waals surface area contributed by atoms with Crippen LogP contribution >= 0.6 is 12.4 Å². The normalized spacial score (nSPS) is 16.1. The lowest BCUT2D eigenvalue weighted by atomic mass is 10.2. The fourth-order valence-corrected chi connectivity index (χ4v) is 1.83. The summed E-state index contributed by atoms with van der Waals surface area (Å²) in [5.74, 6) is 2.88. The average Bonchev–Trinajstić information content (AvgIpc) is 2.92. The third kappa shape index (κ3) is 3.13. The van der Waals surface area contributed by atoms with E-state index in [4.69, 9.17) is 4.52 Å². The Balaban J connectivity index is 0.00000133. The van der Waals surface area contributed by atoms with Crippen molar-refractivity contribution < 1.29 is 4.52 Å². The van der Waals surface area contributed by atoms with Gasteiger partial charge in [-0.05, 0) is 26.8 Å². The number of likely N-dealkylation sites (N-methyl/N-ethyl adjacent to an activating group) is 1. The lowest BCUT2D eigenvalue weighted by molar-refractivity contribution is 0.417. The van der Waals surface area contributed by atoms with Crippen LogP contribution in [0.15, 0.2) is 10.7 Å². The van der Waals surface area contributed by atoms with Gasteiger partial charge in [0, 0.05) is 18.4 Å². The predicted molar refractivity (Wildman–Crippen MR) is 73.3 cm³/mol. The van der Waals surface area contributed by atoms with Crippen molar-refractivity contribution in [2.24, 2.45) is 0 Å². The highest BCUT2D eigenvalue weighted by atomic mass is 35.5. The highest BCUT2D eigenvalue weighted by molar-refractivity contribution is 5.85. The molecule has 1 unspecified atom stereocenters. The van der Waals surface area contributed by atoms with Crippen LogP contribution < -0.4 is 5.32 Å². The minimum Gasteiger partial charge on any atom is -0.338 e. The Morgan fingerprint density at radius 1 is 1.53 bits per heavy atom. The van der Waals surface area contributed by atoms with Gasteiger partial charge in [-0.15, -0.1) is 12.4 Å². The molecule has 2 N–H and O–H groups in total. The summed E-state index contributed by atoms with van der Waals surface area (Å²) in [6.45, 7) is 2.08. The standard InChI is InChI=1S/C12H17N5O.ClH/c1-7(13-2)5-10-16-12(18-17-10)9-6-14-11(15-9)8-3-4-8;/h6-8,13H,3-5H2,1-2H3,(H,14,15);1H. The fourth-order valence-electron chi connectivity index (χ4n) is 1.83. The SMILES string of the molecule is CNC(C)Cc1noc(-c2cnc(C3CC3)[nH]2)n1.Cl. The highest BCUT2D eigenvalue weighted by Crippen LogP contribution is 2.38. The maximum Gasteiger partial charge on any atom is 0.275 e. The van der Waals surface area contributed by atoms with E-state index in [1.165, 1.54) is 12.8 Å². The molecule has 2 aromatic rings. The average molecular weight is 284 g/mol. The van der Waals surface area contributed by atoms with Crippen LogP contribution in [0.25, 0.3) is 11.6 Å². The molecule has 2 aromatic heterocycles. The van der Waals surface area contributed by atoms with Crippen LogP contribution in [-0.2, 0) is 6.42 Å². The van der Waals surface area contributed by atoms with E-state index in [9.17, 15) is 0 Å². The lowest BCUT2D eigenvalue weighted by Gasteiger charge is -2.04. The first-order valence-corrected chi connectivity index (χ1v) is 6.31. The van der Waals surface area contributed by atoms with Crippen LogP contribution in [0.5, 0.6) is 0 Å². The van der Waals surface area contributed by atoms with Gasteiger partial charge >= 0.3 is 0 Å². The molecule has 0 saturated heterocycles. The molecule has 2 heterocycles. The molecule has 1 fully saturated rings. The van der Waals surface area contributed by atoms with Crippen LogP contribution in [0.4, 0.5) is 0 Å². The van der Waals surface area contributed by atoms with Gasteiger partial charge in [-0.1, -0.05) is 5.16 Å². The van der Waals surface area contributed by atoms with Crippen molar-refractivity contribution in [1.82, 2.24) is 25.4 Å². The van der Waals surface area contributed by atoms with Gasteiger partial charge < -0.3 is 14.8 Å². The number of nitrogens with one attached hydrogen (secondary N) is 2. The Bertz CT molecular complexity index is 534. The molecule has 6 nitrogen and oxygen atoms in total. The fraction of sp³-hybridized carbons (Fsp3) is 0.583. The number of nitrogens with zero attached hydrogens (tertiary/aromatic N) is 3. The molecule has 1 aliphatic carbocycles. The predicted octanol–water partition coefficient (Wildman–Crippen LogP) is 1.91. The van der Waals surface area contributed by atoms with Crippen molar-refractivity contribution in [2.45, 2.75) is 38.1 Å². The Morgan fingerprint density at radius 3 is 3.00 bits per heavy atom. The summed E-state index contributed by atoms with van der Waals surface area (Å²) in [6.07, 6.45) is 4.97. The largest absolute Gasteiger partial charge is 0.338 e. The molecule has 0 spiro atoms. The molecule has 0 radical (unpaired) electrons. The number of aromatic nitrogens is 4. The summed E-state index contributed by atoms with van der Waals surface area (Å²) < 4.78 is 5.25. The first kappa shape index (κ1) is 14.0. The Morgan fingerprint density at radius 2 is 2.32 bits per heavy atom. The van der Waals surface area contributed by atoms with Crippen molar-refractivity contribution in [3.8, 4) is 11.6 Å². The molecule has 0 aliphatic heterocycles. The van der Waals surface area contributed by atoms with E-state index in [0.29, 0.717) is 17.9 Å². The maximum atomic E-state index is 5.25. The van der Waals surface area contributed by atoms with Crippen LogP contribution in [0.2, 0.25) is 0 Å². The van der Waals surface area contributed by atoms with Crippen LogP contribution in [0, 0.1) is 0 Å². The summed E-state index contributed by atoms with van der Waals surface area (Å²) in [6, 6.07) is 0.333. The van der Waals surface area contributed by atoms with Gasteiger partial charge in [-0.3, -0.25) is 0 Å². The van der Waals surface area contributed by atoms with Crippen molar-refractivity contribution in [3.63, 3.8) is 0 Å². The zero-order chi connectivity index (χ0) is 12.5. The number of hydrogen-bond donors (Lipinski definition) is 2. The Hall–Kier alpha value is -1.40. The summed E-state index contributed by atoms with van der Waals surface area (Å²) >= 11 is 0. The maximum absolute atomic E-state index is 5.25. The molecule has 0 bridgehead atoms. The van der Waals surface area contributed by atoms with Crippen LogP contribution in [-0.4, -0.2) is 33.2 Å². The number of halogens is 1. The molecule has 3 rings (SSSR count). The topological polar surface area (TPSA) is 79.6 Å². The van der Waals surface area contributed by atoms with E-state index in [0.717, 1.165) is 23.8 Å². The summed E-state index contributed by atoms with van der Waals surface area (Å²) in [5.41, 5.74) is 0.813. The third-order valence-corrected chi connectivity index (χ3v) is 3.24. The van der Waals surface area contributed by atoms with Crippen LogP contribution in [0.3, 0.4) is 0 Å². The first-order chi connectivity index (χ1) is 8.76. The van der Waals surface area contributed by atoms with E-state index in [2.05, 4.69) is 32.3 Å². The van der Waals surface area contributed by atoms with Gasteiger partial charge in [0.2, 0.25) is 0 Å². The van der Waals surface area contributed by atoms with E-state index < -0.39 is 0 Å². The minimum absolute atomic E-state index is 0. The molecule has 0 amide bonds. The number of imidazole rings is 1. The van der Waals surface area contributed by atoms with Gasteiger partial charge in [0.05, 0.1) is 6.20 Å². The van der Waals surface area contributed by atoms with E-state index >= 15 is 0 Å². The highest BCUT2D eigenvalue weighted by Gasteiger charge is 2.27. The van der Waals surface area contributed by atoms with Crippen molar-refractivity contribution in [1.29, 1.82) is 0 Å². The van der Waals surface area contributed by atoms with Gasteiger partial charge in [-0.2, -0.15) is 4.98 Å². The van der Waals surface area contributed by atoms with Gasteiger partial charge in [-0.25, -0.2) is 4.98 Å². The quantitative estimate of drug-likeness (QED) is 0.876. The second-order valence-electron chi connectivity index (χ2n) is 4.87. The van der Waals surface area contributed by atoms with E-state index in [1.807, 2.05) is 7.05 Å². The molecule has 0 aromatic carbocycles. The van der Waals surface area contributed by atoms with Gasteiger partial charge in [0.1, 0.15) is 11.5 Å². The summed E-state index contributed by atoms with van der Waals surface area (Å²) in [5, 5.41) is 7.12. The lowest BCUT2D eigenvalue weighted by Crippen LogP contribution is -2.24. The number of aromatic amines is 1. The minimum atomic E-state index is 0. The van der Waals surface area contributed by atoms with Crippen molar-refractivity contribution in [3.05, 3.63) is 17.8 Å². The second kappa shape index (κ2) is 5.71. The monoisotopic (exact) mass is 283 g/mol. The molecule has 1 aliphatic rings. The molecular weight excluding hydrogens is 266 g/mol. The van der Waals surface area contributed by atoms with E-state index in [1.54, 1.807) is 6.20 Å². The third-order valence-electron chi connectivity index (χ3n) is 3.24. The Kier molecular flexibility index (Phi) is 4.21. The van der Waals surface area contributed by atoms with Gasteiger partial charge in [0.15, 0.2) is 5.82 Å². The molecule has 1 atom stereocenters. The number of rotatable bonds is 5. The second-order valence-corrected chi connectivity index (χ2v) is 4.87. The zero-order valence-electron chi connectivity index (χ0n) is 11.0. The molecule has 7 heteroatoms. The van der Waals surface area contributed by atoms with E-state index in [-0.39, 0.29) is 12.4 Å². The van der Waals surface area contributed by atoms with Crippen molar-refractivity contribution >= 4 is 12.4 Å². The van der Waals surface area contributed by atoms with Crippen LogP contribution in [0.1, 0.15) is 37.3 Å². The summed E-state index contributed by atoms with van der Waals surface area (Å²) in [7, 11) is 1.92. The molecule has 104 valence electrons. The molecular formula is C12H18ClN5O. The number of H-pyrrole nitrogens is 1. The summed E-state index contributed by atoms with van der Waals surface area (Å²) in [4.78, 5) is 12.0. The first-order valence-electron chi connectivity index (χ1n) is 6.31. The number of hydrogen-bond acceptors (Lipinski definition) is 5. The van der Waals surface area contributed by atoms with Gasteiger partial charge in [0.25, 0.3) is 5.89 Å². The molecule has 1 saturated carbocycles.